The van der Waals surface area contributed by atoms with E-state index in [1.165, 1.54) is 5.56 Å². The summed E-state index contributed by atoms with van der Waals surface area (Å²) in [7, 11) is 0. The molecule has 1 atom stereocenters. The Morgan fingerprint density at radius 1 is 1.06 bits per heavy atom. The zero-order valence-electron chi connectivity index (χ0n) is 10.1. The van der Waals surface area contributed by atoms with Crippen LogP contribution in [0.3, 0.4) is 0 Å². The lowest BCUT2D eigenvalue weighted by atomic mass is 9.90. The van der Waals surface area contributed by atoms with Gasteiger partial charge in [0.15, 0.2) is 0 Å². The highest BCUT2D eigenvalue weighted by molar-refractivity contribution is 5.68. The molecule has 0 saturated carbocycles. The van der Waals surface area contributed by atoms with Crippen molar-refractivity contribution < 1.29 is 5.11 Å². The molecule has 3 rings (SSSR count). The maximum absolute atomic E-state index is 9.59. The Morgan fingerprint density at radius 3 is 2.72 bits per heavy atom. The van der Waals surface area contributed by atoms with E-state index in [-0.39, 0.29) is 0 Å². The zero-order valence-corrected chi connectivity index (χ0v) is 10.1. The summed E-state index contributed by atoms with van der Waals surface area (Å²) in [5.74, 6) is 0.760. The van der Waals surface area contributed by atoms with Crippen LogP contribution >= 0.6 is 0 Å². The monoisotopic (exact) mass is 237 g/mol. The van der Waals surface area contributed by atoms with Gasteiger partial charge in [-0.15, -0.1) is 0 Å². The van der Waals surface area contributed by atoms with E-state index in [9.17, 15) is 5.11 Å². The van der Waals surface area contributed by atoms with Gasteiger partial charge in [0, 0.05) is 6.21 Å². The van der Waals surface area contributed by atoms with Crippen molar-refractivity contribution in [2.24, 2.45) is 4.99 Å². The molecule has 1 aliphatic heterocycles. The van der Waals surface area contributed by atoms with Gasteiger partial charge in [-0.1, -0.05) is 30.3 Å². The van der Waals surface area contributed by atoms with Gasteiger partial charge in [-0.3, -0.25) is 4.99 Å². The second-order valence-electron chi connectivity index (χ2n) is 4.67. The van der Waals surface area contributed by atoms with E-state index in [0.29, 0.717) is 11.7 Å². The fourth-order valence-electron chi connectivity index (χ4n) is 2.47. The molecule has 0 saturated heterocycles. The number of fused-ring (bicyclic) bond motifs is 1. The van der Waals surface area contributed by atoms with Crippen molar-refractivity contribution in [1.29, 1.82) is 0 Å². The van der Waals surface area contributed by atoms with Gasteiger partial charge < -0.3 is 5.11 Å². The molecule has 2 aromatic rings. The fourth-order valence-corrected chi connectivity index (χ4v) is 2.47. The van der Waals surface area contributed by atoms with E-state index in [1.54, 1.807) is 6.07 Å². The molecule has 0 aromatic heterocycles. The first-order chi connectivity index (χ1) is 8.83. The Bertz CT molecular complexity index is 575. The van der Waals surface area contributed by atoms with Crippen LogP contribution < -0.4 is 0 Å². The number of nitrogens with zero attached hydrogens (tertiary/aromatic N) is 1. The highest BCUT2D eigenvalue weighted by atomic mass is 16.3. The number of aliphatic imine (C=N–C) groups is 1. The molecule has 1 aliphatic rings. The zero-order chi connectivity index (χ0) is 12.4. The van der Waals surface area contributed by atoms with Gasteiger partial charge in [0.2, 0.25) is 0 Å². The minimum Gasteiger partial charge on any atom is -0.508 e. The van der Waals surface area contributed by atoms with E-state index in [4.69, 9.17) is 0 Å². The van der Waals surface area contributed by atoms with Crippen molar-refractivity contribution in [3.8, 4) is 5.75 Å². The predicted octanol–water partition coefficient (Wildman–Crippen LogP) is 3.82. The number of rotatable bonds is 1. The Balaban J connectivity index is 1.96. The van der Waals surface area contributed by atoms with Crippen LogP contribution in [0.1, 0.15) is 23.5 Å². The molecule has 0 fully saturated rings. The molecule has 2 aromatic carbocycles. The molecule has 18 heavy (non-hydrogen) atoms. The summed E-state index contributed by atoms with van der Waals surface area (Å²) in [6.07, 6.45) is 3.85. The van der Waals surface area contributed by atoms with E-state index < -0.39 is 0 Å². The smallest absolute Gasteiger partial charge is 0.116 e. The van der Waals surface area contributed by atoms with Crippen LogP contribution in [-0.2, 0) is 6.42 Å². The van der Waals surface area contributed by atoms with Crippen LogP contribution in [0, 0.1) is 0 Å². The van der Waals surface area contributed by atoms with E-state index in [1.807, 2.05) is 24.4 Å². The third-order valence-corrected chi connectivity index (χ3v) is 3.42. The van der Waals surface area contributed by atoms with Crippen molar-refractivity contribution in [1.82, 2.24) is 0 Å². The first-order valence-electron chi connectivity index (χ1n) is 6.22. The normalized spacial score (nSPS) is 18.1. The average molecular weight is 237 g/mol. The van der Waals surface area contributed by atoms with Gasteiger partial charge in [-0.05, 0) is 48.1 Å². The molecule has 1 heterocycles. The van der Waals surface area contributed by atoms with Crippen LogP contribution in [-0.4, -0.2) is 11.3 Å². The number of phenolic OH excluding ortho intramolecular Hbond substituents is 1. The minimum absolute atomic E-state index is 0.317. The third kappa shape index (κ3) is 2.14. The van der Waals surface area contributed by atoms with Crippen LogP contribution in [0.4, 0.5) is 5.69 Å². The predicted molar refractivity (Wildman–Crippen MR) is 73.8 cm³/mol. The second kappa shape index (κ2) is 4.65. The molecule has 2 heteroatoms. The molecular weight excluding hydrogens is 222 g/mol. The number of hydrogen-bond acceptors (Lipinski definition) is 2. The highest BCUT2D eigenvalue weighted by Gasteiger charge is 2.16. The molecule has 2 nitrogen and oxygen atoms in total. The summed E-state index contributed by atoms with van der Waals surface area (Å²) in [6, 6.07) is 15.9. The number of phenols is 1. The average Bonchev–Trinajstić information content (AvgIpc) is 2.61. The van der Waals surface area contributed by atoms with Crippen LogP contribution in [0.5, 0.6) is 5.75 Å². The lowest BCUT2D eigenvalue weighted by molar-refractivity contribution is 0.474. The summed E-state index contributed by atoms with van der Waals surface area (Å²) in [5.41, 5.74) is 3.43. The van der Waals surface area contributed by atoms with Crippen molar-refractivity contribution >= 4 is 11.9 Å². The third-order valence-electron chi connectivity index (χ3n) is 3.42. The highest BCUT2D eigenvalue weighted by Crippen LogP contribution is 2.33. The first-order valence-corrected chi connectivity index (χ1v) is 6.22. The Kier molecular flexibility index (Phi) is 2.85. The van der Waals surface area contributed by atoms with Crippen molar-refractivity contribution in [3.63, 3.8) is 0 Å². The molecule has 1 N–H and O–H groups in total. The van der Waals surface area contributed by atoms with E-state index >= 15 is 0 Å². The minimum atomic E-state index is 0.317. The van der Waals surface area contributed by atoms with E-state index in [0.717, 1.165) is 24.1 Å². The van der Waals surface area contributed by atoms with Crippen LogP contribution in [0.15, 0.2) is 53.5 Å². The lowest BCUT2D eigenvalue weighted by Gasteiger charge is -2.14. The Morgan fingerprint density at radius 2 is 1.89 bits per heavy atom. The topological polar surface area (TPSA) is 32.6 Å². The van der Waals surface area contributed by atoms with E-state index in [2.05, 4.69) is 29.3 Å². The molecule has 90 valence electrons. The SMILES string of the molecule is Oc1ccc2c(c1)CC(c1ccccc1)CC=N2. The van der Waals surface area contributed by atoms with Gasteiger partial charge in [-0.25, -0.2) is 0 Å². The molecule has 0 spiro atoms. The van der Waals surface area contributed by atoms with Crippen LogP contribution in [0.2, 0.25) is 0 Å². The molecular formula is C16H15NO. The number of aromatic hydroxyl groups is 1. The van der Waals surface area contributed by atoms with Gasteiger partial charge in [0.25, 0.3) is 0 Å². The van der Waals surface area contributed by atoms with Gasteiger partial charge in [0.05, 0.1) is 5.69 Å². The van der Waals surface area contributed by atoms with Crippen molar-refractivity contribution in [2.45, 2.75) is 18.8 Å². The lowest BCUT2D eigenvalue weighted by Crippen LogP contribution is -2.02. The van der Waals surface area contributed by atoms with Gasteiger partial charge >= 0.3 is 0 Å². The summed E-state index contributed by atoms with van der Waals surface area (Å²) < 4.78 is 0. The number of benzene rings is 2. The summed E-state index contributed by atoms with van der Waals surface area (Å²) >= 11 is 0. The Labute approximate surface area is 107 Å². The summed E-state index contributed by atoms with van der Waals surface area (Å²) in [4.78, 5) is 4.47. The standard InChI is InChI=1S/C16H15NO/c18-15-6-7-16-14(11-15)10-13(8-9-17-16)12-4-2-1-3-5-12/h1-7,9,11,13,18H,8,10H2. The first kappa shape index (κ1) is 11.0. The molecule has 0 aliphatic carbocycles. The maximum Gasteiger partial charge on any atom is 0.116 e. The second-order valence-corrected chi connectivity index (χ2v) is 4.67. The molecule has 0 bridgehead atoms. The van der Waals surface area contributed by atoms with Gasteiger partial charge in [-0.2, -0.15) is 0 Å². The molecule has 0 radical (unpaired) electrons. The van der Waals surface area contributed by atoms with Gasteiger partial charge in [0.1, 0.15) is 5.75 Å². The fraction of sp³-hybridized carbons (Fsp3) is 0.188. The van der Waals surface area contributed by atoms with Crippen LogP contribution in [0.25, 0.3) is 0 Å². The maximum atomic E-state index is 9.59. The molecule has 1 unspecified atom stereocenters. The number of hydrogen-bond donors (Lipinski definition) is 1. The molecule has 0 amide bonds. The quantitative estimate of drug-likeness (QED) is 0.803. The van der Waals surface area contributed by atoms with Crippen molar-refractivity contribution in [2.75, 3.05) is 0 Å². The summed E-state index contributed by atoms with van der Waals surface area (Å²) in [6.45, 7) is 0. The summed E-state index contributed by atoms with van der Waals surface area (Å²) in [5, 5.41) is 9.59. The Hall–Kier alpha value is -2.09. The van der Waals surface area contributed by atoms with Crippen molar-refractivity contribution in [3.05, 3.63) is 59.7 Å². The largest absolute Gasteiger partial charge is 0.508 e.